The molecule has 0 saturated heterocycles. The lowest BCUT2D eigenvalue weighted by atomic mass is 9.94. The van der Waals surface area contributed by atoms with Crippen molar-refractivity contribution in [3.8, 4) is 5.75 Å². The lowest BCUT2D eigenvalue weighted by molar-refractivity contribution is 0.0816. The summed E-state index contributed by atoms with van der Waals surface area (Å²) in [5.41, 5.74) is 3.74. The first kappa shape index (κ1) is 21.4. The van der Waals surface area contributed by atoms with Gasteiger partial charge in [-0.3, -0.25) is 14.6 Å². The minimum absolute atomic E-state index is 0.369. The molecule has 4 nitrogen and oxygen atoms in total. The average molecular weight is 424 g/mol. The number of hydrogen-bond donors (Lipinski definition) is 0. The number of rotatable bonds is 9. The minimum Gasteiger partial charge on any atom is -0.494 e. The van der Waals surface area contributed by atoms with Gasteiger partial charge in [-0.25, -0.2) is 0 Å². The number of pyridine rings is 1. The number of ether oxygens (including phenoxy) is 1. The van der Waals surface area contributed by atoms with Gasteiger partial charge in [0.05, 0.1) is 12.1 Å². The summed E-state index contributed by atoms with van der Waals surface area (Å²) in [7, 11) is 0. The number of aryl methyl sites for hydroxylation is 2. The lowest BCUT2D eigenvalue weighted by Gasteiger charge is -2.09. The highest BCUT2D eigenvalue weighted by Crippen LogP contribution is 2.19. The first-order valence-electron chi connectivity index (χ1n) is 10.9. The molecule has 1 heterocycles. The van der Waals surface area contributed by atoms with Gasteiger partial charge >= 0.3 is 0 Å². The third-order valence-corrected chi connectivity index (χ3v) is 5.43. The van der Waals surface area contributed by atoms with Gasteiger partial charge in [-0.2, -0.15) is 0 Å². The Hall–Kier alpha value is -3.79. The van der Waals surface area contributed by atoms with E-state index in [1.807, 2.05) is 37.3 Å². The summed E-state index contributed by atoms with van der Waals surface area (Å²) in [5.74, 6) is -0.301. The molecule has 0 aliphatic rings. The molecule has 32 heavy (non-hydrogen) atoms. The molecule has 4 heteroatoms. The zero-order chi connectivity index (χ0) is 22.3. The molecule has 4 aromatic rings. The molecule has 1 aromatic heterocycles. The van der Waals surface area contributed by atoms with E-state index in [0.717, 1.165) is 35.0 Å². The normalized spacial score (nSPS) is 10.8. The molecule has 0 aliphatic carbocycles. The van der Waals surface area contributed by atoms with Gasteiger partial charge in [0.1, 0.15) is 5.75 Å². The number of Topliss-reactive ketones (excluding diaryl/α,β-unsaturated/α-hetero) is 2. The van der Waals surface area contributed by atoms with Crippen LogP contribution in [0.15, 0.2) is 84.9 Å². The SMILES string of the molecule is CCOc1ccc(C(=O)C(=O)c2ccccc2CCCc2ccc3ccccc3n2)cc1. The minimum atomic E-state index is -0.503. The zero-order valence-electron chi connectivity index (χ0n) is 18.1. The first-order valence-corrected chi connectivity index (χ1v) is 10.9. The van der Waals surface area contributed by atoms with Gasteiger partial charge in [0.15, 0.2) is 0 Å². The molecule has 0 radical (unpaired) electrons. The summed E-state index contributed by atoms with van der Waals surface area (Å²) in [6, 6.07) is 26.3. The first-order chi connectivity index (χ1) is 15.7. The van der Waals surface area contributed by atoms with E-state index in [9.17, 15) is 9.59 Å². The Morgan fingerprint density at radius 2 is 1.53 bits per heavy atom. The van der Waals surface area contributed by atoms with Crippen molar-refractivity contribution < 1.29 is 14.3 Å². The maximum Gasteiger partial charge on any atom is 0.233 e. The standard InChI is InChI=1S/C28H25NO3/c1-2-32-24-18-15-22(16-19-24)27(30)28(31)25-12-5-3-8-20(25)10-7-11-23-17-14-21-9-4-6-13-26(21)29-23/h3-6,8-9,12-19H,2,7,10-11H2,1H3. The van der Waals surface area contributed by atoms with Gasteiger partial charge in [0, 0.05) is 22.2 Å². The highest BCUT2D eigenvalue weighted by atomic mass is 16.5. The van der Waals surface area contributed by atoms with Gasteiger partial charge < -0.3 is 4.74 Å². The van der Waals surface area contributed by atoms with Crippen molar-refractivity contribution in [2.45, 2.75) is 26.2 Å². The Balaban J connectivity index is 1.44. The highest BCUT2D eigenvalue weighted by Gasteiger charge is 2.20. The van der Waals surface area contributed by atoms with E-state index < -0.39 is 11.6 Å². The number of hydrogen-bond acceptors (Lipinski definition) is 4. The van der Waals surface area contributed by atoms with Crippen LogP contribution in [0.4, 0.5) is 0 Å². The van der Waals surface area contributed by atoms with Crippen molar-refractivity contribution in [1.82, 2.24) is 4.98 Å². The van der Waals surface area contributed by atoms with Gasteiger partial charge in [0.25, 0.3) is 0 Å². The molecule has 0 unspecified atom stereocenters. The van der Waals surface area contributed by atoms with E-state index in [1.165, 1.54) is 0 Å². The molecule has 160 valence electrons. The lowest BCUT2D eigenvalue weighted by Crippen LogP contribution is -2.16. The summed E-state index contributed by atoms with van der Waals surface area (Å²) in [4.78, 5) is 30.5. The van der Waals surface area contributed by atoms with E-state index >= 15 is 0 Å². The largest absolute Gasteiger partial charge is 0.494 e. The maximum atomic E-state index is 13.0. The maximum absolute atomic E-state index is 13.0. The predicted octanol–water partition coefficient (Wildman–Crippen LogP) is 5.87. The fourth-order valence-electron chi connectivity index (χ4n) is 3.79. The van der Waals surface area contributed by atoms with Crippen LogP contribution in [-0.4, -0.2) is 23.2 Å². The van der Waals surface area contributed by atoms with Crippen molar-refractivity contribution in [1.29, 1.82) is 0 Å². The number of ketones is 2. The van der Waals surface area contributed by atoms with Crippen molar-refractivity contribution in [3.05, 3.63) is 107 Å². The number of carbonyl (C=O) groups is 2. The van der Waals surface area contributed by atoms with Crippen LogP contribution in [-0.2, 0) is 12.8 Å². The molecule has 0 bridgehead atoms. The van der Waals surface area contributed by atoms with E-state index in [1.54, 1.807) is 36.4 Å². The molecule has 3 aromatic carbocycles. The molecule has 4 rings (SSSR count). The molecular formula is C28H25NO3. The van der Waals surface area contributed by atoms with Crippen LogP contribution >= 0.6 is 0 Å². The van der Waals surface area contributed by atoms with Crippen LogP contribution in [0.5, 0.6) is 5.75 Å². The molecule has 0 atom stereocenters. The van der Waals surface area contributed by atoms with Gasteiger partial charge in [-0.05, 0) is 68.1 Å². The molecule has 0 aliphatic heterocycles. The summed E-state index contributed by atoms with van der Waals surface area (Å²) < 4.78 is 5.41. The molecule has 0 N–H and O–H groups in total. The predicted molar refractivity (Wildman–Crippen MR) is 126 cm³/mol. The summed E-state index contributed by atoms with van der Waals surface area (Å²) in [5, 5.41) is 1.12. The third kappa shape index (κ3) is 4.92. The number of fused-ring (bicyclic) bond motifs is 1. The number of nitrogens with zero attached hydrogens (tertiary/aromatic N) is 1. The Morgan fingerprint density at radius 3 is 2.34 bits per heavy atom. The van der Waals surface area contributed by atoms with E-state index in [4.69, 9.17) is 9.72 Å². The second-order valence-corrected chi connectivity index (χ2v) is 7.62. The summed E-state index contributed by atoms with van der Waals surface area (Å²) >= 11 is 0. The van der Waals surface area contributed by atoms with E-state index in [-0.39, 0.29) is 0 Å². The van der Waals surface area contributed by atoms with Crippen LogP contribution in [0.1, 0.15) is 45.3 Å². The summed E-state index contributed by atoms with van der Waals surface area (Å²) in [6.07, 6.45) is 2.35. The molecule has 0 spiro atoms. The van der Waals surface area contributed by atoms with Crippen LogP contribution in [0.25, 0.3) is 10.9 Å². The molecular weight excluding hydrogens is 398 g/mol. The average Bonchev–Trinajstić information content (AvgIpc) is 2.84. The van der Waals surface area contributed by atoms with Crippen LogP contribution in [0.2, 0.25) is 0 Å². The number of para-hydroxylation sites is 1. The number of aromatic nitrogens is 1. The van der Waals surface area contributed by atoms with Crippen LogP contribution in [0, 0.1) is 0 Å². The smallest absolute Gasteiger partial charge is 0.233 e. The van der Waals surface area contributed by atoms with Gasteiger partial charge in [-0.15, -0.1) is 0 Å². The number of benzene rings is 3. The zero-order valence-corrected chi connectivity index (χ0v) is 18.1. The van der Waals surface area contributed by atoms with Gasteiger partial charge in [-0.1, -0.05) is 48.5 Å². The van der Waals surface area contributed by atoms with E-state index in [2.05, 4.69) is 18.2 Å². The van der Waals surface area contributed by atoms with Crippen LogP contribution < -0.4 is 4.74 Å². The Labute approximate surface area is 187 Å². The van der Waals surface area contributed by atoms with Crippen molar-refractivity contribution in [2.75, 3.05) is 6.61 Å². The highest BCUT2D eigenvalue weighted by molar-refractivity contribution is 6.49. The monoisotopic (exact) mass is 423 g/mol. The Kier molecular flexibility index (Phi) is 6.71. The second kappa shape index (κ2) is 10.0. The van der Waals surface area contributed by atoms with Crippen LogP contribution in [0.3, 0.4) is 0 Å². The quantitative estimate of drug-likeness (QED) is 0.249. The number of carbonyl (C=O) groups excluding carboxylic acids is 2. The van der Waals surface area contributed by atoms with Crippen molar-refractivity contribution in [3.63, 3.8) is 0 Å². The molecule has 0 amide bonds. The van der Waals surface area contributed by atoms with E-state index in [0.29, 0.717) is 29.9 Å². The fraction of sp³-hybridized carbons (Fsp3) is 0.179. The Bertz CT molecular complexity index is 1250. The molecule has 0 saturated carbocycles. The molecule has 0 fully saturated rings. The topological polar surface area (TPSA) is 56.3 Å². The van der Waals surface area contributed by atoms with Gasteiger partial charge in [0.2, 0.25) is 11.6 Å². The van der Waals surface area contributed by atoms with Crippen molar-refractivity contribution in [2.24, 2.45) is 0 Å². The van der Waals surface area contributed by atoms with Crippen molar-refractivity contribution >= 4 is 22.5 Å². The fourth-order valence-corrected chi connectivity index (χ4v) is 3.79. The summed E-state index contributed by atoms with van der Waals surface area (Å²) in [6.45, 7) is 2.45. The third-order valence-electron chi connectivity index (χ3n) is 5.43. The Morgan fingerprint density at radius 1 is 0.781 bits per heavy atom. The second-order valence-electron chi connectivity index (χ2n) is 7.62.